The van der Waals surface area contributed by atoms with E-state index in [-0.39, 0.29) is 5.75 Å². The molecular formula is C20H22N2O5. The fourth-order valence-corrected chi connectivity index (χ4v) is 3.48. The number of phenols is 1. The van der Waals surface area contributed by atoms with Crippen LogP contribution in [0.1, 0.15) is 27.6 Å². The highest BCUT2D eigenvalue weighted by Gasteiger charge is 2.37. The normalized spacial score (nSPS) is 22.9. The Morgan fingerprint density at radius 3 is 2.67 bits per heavy atom. The summed E-state index contributed by atoms with van der Waals surface area (Å²) in [5.41, 5.74) is 7.86. The first-order valence-corrected chi connectivity index (χ1v) is 8.93. The van der Waals surface area contributed by atoms with Crippen LogP contribution in [0.4, 0.5) is 5.69 Å². The molecule has 2 atom stereocenters. The summed E-state index contributed by atoms with van der Waals surface area (Å²) in [4.78, 5) is 14.7. The Bertz CT molecular complexity index is 863. The first kappa shape index (κ1) is 17.8. The van der Waals surface area contributed by atoms with Gasteiger partial charge in [-0.25, -0.2) is 0 Å². The monoisotopic (exact) mass is 370 g/mol. The van der Waals surface area contributed by atoms with Gasteiger partial charge in [-0.05, 0) is 23.8 Å². The fraction of sp³-hybridized carbons (Fsp3) is 0.350. The zero-order valence-corrected chi connectivity index (χ0v) is 14.8. The van der Waals surface area contributed by atoms with Gasteiger partial charge in [-0.2, -0.15) is 0 Å². The molecular weight excluding hydrogens is 348 g/mol. The van der Waals surface area contributed by atoms with E-state index in [0.717, 1.165) is 18.7 Å². The van der Waals surface area contributed by atoms with E-state index in [1.54, 1.807) is 36.4 Å². The van der Waals surface area contributed by atoms with E-state index in [0.29, 0.717) is 42.3 Å². The Balaban J connectivity index is 1.57. The van der Waals surface area contributed by atoms with Gasteiger partial charge in [0.25, 0.3) is 0 Å². The van der Waals surface area contributed by atoms with Gasteiger partial charge < -0.3 is 25.4 Å². The number of aliphatic hydroxyl groups excluding tert-OH is 1. The molecule has 4 N–H and O–H groups in total. The zero-order chi connectivity index (χ0) is 19.0. The van der Waals surface area contributed by atoms with Crippen molar-refractivity contribution in [2.24, 2.45) is 0 Å². The summed E-state index contributed by atoms with van der Waals surface area (Å²) in [6.45, 7) is 3.62. The molecule has 7 nitrogen and oxygen atoms in total. The Labute approximate surface area is 156 Å². The molecule has 2 aromatic rings. The number of rotatable bonds is 3. The molecule has 1 fully saturated rings. The lowest BCUT2D eigenvalue weighted by atomic mass is 9.92. The Kier molecular flexibility index (Phi) is 4.73. The summed E-state index contributed by atoms with van der Waals surface area (Å²) in [5, 5.41) is 20.9. The van der Waals surface area contributed by atoms with Crippen molar-refractivity contribution in [2.45, 2.75) is 18.8 Å². The van der Waals surface area contributed by atoms with Crippen molar-refractivity contribution in [3.05, 3.63) is 53.1 Å². The van der Waals surface area contributed by atoms with Gasteiger partial charge in [0.2, 0.25) is 0 Å². The number of carbonyl (C=O) groups excluding carboxylic acids is 1. The van der Waals surface area contributed by atoms with Crippen molar-refractivity contribution in [2.75, 3.05) is 32.0 Å². The molecule has 7 heteroatoms. The SMILES string of the molecule is Nc1ccc2c(c1)OC(c1ccc(CN3CCOCC3)c(O)c1)C(O)C2=O. The van der Waals surface area contributed by atoms with Crippen molar-refractivity contribution in [3.63, 3.8) is 0 Å². The van der Waals surface area contributed by atoms with E-state index in [4.69, 9.17) is 15.2 Å². The predicted molar refractivity (Wildman–Crippen MR) is 98.8 cm³/mol. The molecule has 1 saturated heterocycles. The van der Waals surface area contributed by atoms with E-state index in [2.05, 4.69) is 4.90 Å². The summed E-state index contributed by atoms with van der Waals surface area (Å²) < 4.78 is 11.2. The van der Waals surface area contributed by atoms with Gasteiger partial charge in [0.05, 0.1) is 18.8 Å². The summed E-state index contributed by atoms with van der Waals surface area (Å²) in [5.74, 6) is 0.0333. The van der Waals surface area contributed by atoms with Gasteiger partial charge in [0, 0.05) is 37.0 Å². The Morgan fingerprint density at radius 2 is 1.93 bits per heavy atom. The summed E-state index contributed by atoms with van der Waals surface area (Å²) in [6.07, 6.45) is -2.24. The topological polar surface area (TPSA) is 105 Å². The number of phenolic OH excluding ortho intramolecular Hbond substituents is 1. The van der Waals surface area contributed by atoms with Crippen molar-refractivity contribution in [3.8, 4) is 11.5 Å². The highest BCUT2D eigenvalue weighted by Crippen LogP contribution is 2.37. The van der Waals surface area contributed by atoms with Crippen molar-refractivity contribution in [1.82, 2.24) is 4.90 Å². The molecule has 2 aliphatic heterocycles. The van der Waals surface area contributed by atoms with E-state index in [1.807, 2.05) is 0 Å². The number of fused-ring (bicyclic) bond motifs is 1. The Hall–Kier alpha value is -2.61. The van der Waals surface area contributed by atoms with Crippen LogP contribution in [-0.2, 0) is 11.3 Å². The number of nitrogens with two attached hydrogens (primary N) is 1. The number of aliphatic hydroxyl groups is 1. The minimum atomic E-state index is -1.34. The highest BCUT2D eigenvalue weighted by atomic mass is 16.5. The number of hydrogen-bond acceptors (Lipinski definition) is 7. The van der Waals surface area contributed by atoms with Crippen LogP contribution in [-0.4, -0.2) is 53.3 Å². The van der Waals surface area contributed by atoms with Crippen LogP contribution in [0.5, 0.6) is 11.5 Å². The van der Waals surface area contributed by atoms with Crippen LogP contribution >= 0.6 is 0 Å². The van der Waals surface area contributed by atoms with Gasteiger partial charge in [-0.1, -0.05) is 12.1 Å². The van der Waals surface area contributed by atoms with Crippen LogP contribution < -0.4 is 10.5 Å². The zero-order valence-electron chi connectivity index (χ0n) is 14.8. The number of benzene rings is 2. The van der Waals surface area contributed by atoms with Crippen molar-refractivity contribution < 1.29 is 24.5 Å². The number of aromatic hydroxyl groups is 1. The van der Waals surface area contributed by atoms with E-state index in [1.165, 1.54) is 0 Å². The van der Waals surface area contributed by atoms with Gasteiger partial charge in [-0.15, -0.1) is 0 Å². The molecule has 2 unspecified atom stereocenters. The van der Waals surface area contributed by atoms with Gasteiger partial charge in [0.1, 0.15) is 11.5 Å². The maximum atomic E-state index is 12.5. The van der Waals surface area contributed by atoms with Crippen LogP contribution in [0, 0.1) is 0 Å². The largest absolute Gasteiger partial charge is 0.508 e. The standard InChI is InChI=1S/C20H22N2O5/c21-14-3-4-15-17(10-14)27-20(19(25)18(15)24)12-1-2-13(16(23)9-12)11-22-5-7-26-8-6-22/h1-4,9-10,19-20,23,25H,5-8,11,21H2. The van der Waals surface area contributed by atoms with Gasteiger partial charge in [0.15, 0.2) is 18.0 Å². The Morgan fingerprint density at radius 1 is 1.15 bits per heavy atom. The molecule has 0 radical (unpaired) electrons. The average molecular weight is 370 g/mol. The number of nitrogens with zero attached hydrogens (tertiary/aromatic N) is 1. The third-order valence-electron chi connectivity index (χ3n) is 5.02. The van der Waals surface area contributed by atoms with Crippen LogP contribution in [0.2, 0.25) is 0 Å². The molecule has 4 rings (SSSR count). The summed E-state index contributed by atoms with van der Waals surface area (Å²) >= 11 is 0. The number of Topliss-reactive ketones (excluding diaryl/α,β-unsaturated/α-hetero) is 1. The third-order valence-corrected chi connectivity index (χ3v) is 5.02. The first-order chi connectivity index (χ1) is 13.0. The molecule has 2 aromatic carbocycles. The second-order valence-corrected chi connectivity index (χ2v) is 6.88. The van der Waals surface area contributed by atoms with Crippen molar-refractivity contribution >= 4 is 11.5 Å². The number of ether oxygens (including phenoxy) is 2. The lowest BCUT2D eigenvalue weighted by Gasteiger charge is -2.30. The average Bonchev–Trinajstić information content (AvgIpc) is 2.67. The second-order valence-electron chi connectivity index (χ2n) is 6.88. The van der Waals surface area contributed by atoms with Crippen LogP contribution in [0.25, 0.3) is 0 Å². The molecule has 0 aromatic heterocycles. The molecule has 0 saturated carbocycles. The minimum Gasteiger partial charge on any atom is -0.508 e. The van der Waals surface area contributed by atoms with E-state index in [9.17, 15) is 15.0 Å². The summed E-state index contributed by atoms with van der Waals surface area (Å²) in [7, 11) is 0. The number of carbonyl (C=O) groups is 1. The van der Waals surface area contributed by atoms with Gasteiger partial charge in [-0.3, -0.25) is 9.69 Å². The van der Waals surface area contributed by atoms with Crippen LogP contribution in [0.3, 0.4) is 0 Å². The lowest BCUT2D eigenvalue weighted by Crippen LogP contribution is -2.36. The maximum Gasteiger partial charge on any atom is 0.199 e. The van der Waals surface area contributed by atoms with Crippen LogP contribution in [0.15, 0.2) is 36.4 Å². The number of morpholine rings is 1. The van der Waals surface area contributed by atoms with Crippen molar-refractivity contribution in [1.29, 1.82) is 0 Å². The van der Waals surface area contributed by atoms with E-state index >= 15 is 0 Å². The summed E-state index contributed by atoms with van der Waals surface area (Å²) in [6, 6.07) is 9.84. The molecule has 27 heavy (non-hydrogen) atoms. The van der Waals surface area contributed by atoms with E-state index < -0.39 is 18.0 Å². The first-order valence-electron chi connectivity index (χ1n) is 8.93. The molecule has 142 valence electrons. The molecule has 0 aliphatic carbocycles. The molecule has 2 heterocycles. The molecule has 0 spiro atoms. The van der Waals surface area contributed by atoms with Gasteiger partial charge >= 0.3 is 0 Å². The fourth-order valence-electron chi connectivity index (χ4n) is 3.48. The minimum absolute atomic E-state index is 0.112. The highest BCUT2D eigenvalue weighted by molar-refractivity contribution is 6.03. The third kappa shape index (κ3) is 3.49. The molecule has 0 bridgehead atoms. The number of anilines is 1. The molecule has 2 aliphatic rings. The molecule has 0 amide bonds. The predicted octanol–water partition coefficient (Wildman–Crippen LogP) is 1.48. The number of hydrogen-bond donors (Lipinski definition) is 3. The second kappa shape index (κ2) is 7.19. The lowest BCUT2D eigenvalue weighted by molar-refractivity contribution is 0.0216. The smallest absolute Gasteiger partial charge is 0.199 e. The maximum absolute atomic E-state index is 12.5. The quantitative estimate of drug-likeness (QED) is 0.703. The number of ketones is 1. The number of nitrogen functional groups attached to an aromatic ring is 1.